The number of nitrogens with one attached hydrogen (secondary N) is 1. The fraction of sp³-hybridized carbons (Fsp3) is 0.391. The van der Waals surface area contributed by atoms with Crippen molar-refractivity contribution < 1.29 is 9.53 Å². The van der Waals surface area contributed by atoms with E-state index in [4.69, 9.17) is 17.0 Å². The SMILES string of the molecule is Cc1ccc2c(c1)[C@H]1NC(=S)N(CCc3ccccc3)[C@@](C)(O2)[C@@H]1C(=O)N(C)C. The molecule has 2 aromatic rings. The molecule has 0 saturated carbocycles. The van der Waals surface area contributed by atoms with Gasteiger partial charge >= 0.3 is 0 Å². The summed E-state index contributed by atoms with van der Waals surface area (Å²) in [5, 5.41) is 4.09. The molecule has 1 saturated heterocycles. The van der Waals surface area contributed by atoms with Crippen LogP contribution in [-0.2, 0) is 11.2 Å². The van der Waals surface area contributed by atoms with Gasteiger partial charge < -0.3 is 19.9 Å². The highest BCUT2D eigenvalue weighted by Crippen LogP contribution is 2.48. The third-order valence-electron chi connectivity index (χ3n) is 5.96. The second-order valence-electron chi connectivity index (χ2n) is 8.22. The van der Waals surface area contributed by atoms with Crippen LogP contribution in [0.4, 0.5) is 0 Å². The van der Waals surface area contributed by atoms with E-state index in [9.17, 15) is 4.79 Å². The van der Waals surface area contributed by atoms with Crippen molar-refractivity contribution in [3.8, 4) is 5.75 Å². The number of benzene rings is 2. The molecule has 2 heterocycles. The minimum Gasteiger partial charge on any atom is -0.467 e. The van der Waals surface area contributed by atoms with Crippen LogP contribution < -0.4 is 10.1 Å². The molecular formula is C23H27N3O2S. The average Bonchev–Trinajstić information content (AvgIpc) is 2.68. The normalized spacial score (nSPS) is 25.0. The first-order chi connectivity index (χ1) is 13.8. The highest BCUT2D eigenvalue weighted by Gasteiger charge is 2.58. The Hall–Kier alpha value is -2.60. The Morgan fingerprint density at radius 1 is 1.24 bits per heavy atom. The van der Waals surface area contributed by atoms with Gasteiger partial charge in [0, 0.05) is 26.2 Å². The van der Waals surface area contributed by atoms with Crippen LogP contribution in [0.15, 0.2) is 48.5 Å². The van der Waals surface area contributed by atoms with E-state index in [1.807, 2.05) is 49.1 Å². The van der Waals surface area contributed by atoms with Crippen LogP contribution in [0.1, 0.15) is 29.7 Å². The molecule has 0 aromatic heterocycles. The summed E-state index contributed by atoms with van der Waals surface area (Å²) in [6, 6.07) is 16.2. The Morgan fingerprint density at radius 3 is 2.66 bits per heavy atom. The van der Waals surface area contributed by atoms with E-state index in [2.05, 4.69) is 23.5 Å². The lowest BCUT2D eigenvalue weighted by Crippen LogP contribution is -2.72. The lowest BCUT2D eigenvalue weighted by atomic mass is 9.78. The van der Waals surface area contributed by atoms with E-state index in [-0.39, 0.29) is 11.9 Å². The summed E-state index contributed by atoms with van der Waals surface area (Å²) >= 11 is 5.75. The minimum absolute atomic E-state index is 0.0318. The molecule has 2 aliphatic rings. The Kier molecular flexibility index (Phi) is 4.99. The zero-order valence-electron chi connectivity index (χ0n) is 17.3. The molecule has 29 heavy (non-hydrogen) atoms. The highest BCUT2D eigenvalue weighted by molar-refractivity contribution is 7.80. The van der Waals surface area contributed by atoms with Crippen molar-refractivity contribution in [3.05, 3.63) is 65.2 Å². The molecule has 5 nitrogen and oxygen atoms in total. The van der Waals surface area contributed by atoms with Gasteiger partial charge in [-0.3, -0.25) is 4.79 Å². The molecule has 1 amide bonds. The number of hydrogen-bond donors (Lipinski definition) is 1. The summed E-state index contributed by atoms with van der Waals surface area (Å²) in [5.74, 6) is 0.434. The summed E-state index contributed by atoms with van der Waals surface area (Å²) in [6.45, 7) is 4.70. The summed E-state index contributed by atoms with van der Waals surface area (Å²) in [6.07, 6.45) is 0.815. The number of fused-ring (bicyclic) bond motifs is 4. The lowest BCUT2D eigenvalue weighted by Gasteiger charge is -2.56. The number of hydrogen-bond acceptors (Lipinski definition) is 3. The molecule has 0 unspecified atom stereocenters. The van der Waals surface area contributed by atoms with Crippen LogP contribution in [0.5, 0.6) is 5.75 Å². The van der Waals surface area contributed by atoms with E-state index >= 15 is 0 Å². The molecule has 2 aromatic carbocycles. The van der Waals surface area contributed by atoms with Crippen LogP contribution in [-0.4, -0.2) is 47.2 Å². The summed E-state index contributed by atoms with van der Waals surface area (Å²) in [5.41, 5.74) is 2.49. The number of carbonyl (C=O) groups excluding carboxylic acids is 1. The first-order valence-electron chi connectivity index (χ1n) is 9.94. The van der Waals surface area contributed by atoms with E-state index in [0.717, 1.165) is 23.3 Å². The molecule has 6 heteroatoms. The average molecular weight is 410 g/mol. The predicted molar refractivity (Wildman–Crippen MR) is 118 cm³/mol. The lowest BCUT2D eigenvalue weighted by molar-refractivity contribution is -0.161. The number of ether oxygens (including phenoxy) is 1. The first kappa shape index (κ1) is 19.7. The van der Waals surface area contributed by atoms with E-state index < -0.39 is 11.6 Å². The maximum Gasteiger partial charge on any atom is 0.233 e. The Balaban J connectivity index is 1.74. The minimum atomic E-state index is -0.856. The van der Waals surface area contributed by atoms with Crippen molar-refractivity contribution in [1.29, 1.82) is 0 Å². The maximum absolute atomic E-state index is 13.3. The monoisotopic (exact) mass is 409 g/mol. The first-order valence-corrected chi connectivity index (χ1v) is 10.3. The summed E-state index contributed by atoms with van der Waals surface area (Å²) in [7, 11) is 3.58. The van der Waals surface area contributed by atoms with Crippen LogP contribution in [0, 0.1) is 12.8 Å². The van der Waals surface area contributed by atoms with Crippen molar-refractivity contribution in [2.75, 3.05) is 20.6 Å². The molecule has 3 atom stereocenters. The maximum atomic E-state index is 13.3. The highest BCUT2D eigenvalue weighted by atomic mass is 32.1. The molecule has 4 rings (SSSR count). The van der Waals surface area contributed by atoms with Crippen LogP contribution in [0.3, 0.4) is 0 Å². The molecule has 1 fully saturated rings. The Morgan fingerprint density at radius 2 is 1.97 bits per heavy atom. The Labute approximate surface area is 177 Å². The molecule has 1 N–H and O–H groups in total. The predicted octanol–water partition coefficient (Wildman–Crippen LogP) is 3.28. The molecular weight excluding hydrogens is 382 g/mol. The van der Waals surface area contributed by atoms with E-state index in [1.54, 1.807) is 19.0 Å². The second kappa shape index (κ2) is 7.34. The molecule has 2 aliphatic heterocycles. The van der Waals surface area contributed by atoms with E-state index in [1.165, 1.54) is 5.56 Å². The topological polar surface area (TPSA) is 44.8 Å². The standard InChI is InChI=1S/C23H27N3O2S/c1-15-10-11-18-17(14-15)20-19(21(27)25(3)4)23(2,28-18)26(22(29)24-20)13-12-16-8-6-5-7-9-16/h5-11,14,19-20H,12-13H2,1-4H3,(H,24,29)/t19-,20+,23-/m0/s1. The fourth-order valence-corrected chi connectivity index (χ4v) is 4.83. The number of nitrogens with zero attached hydrogens (tertiary/aromatic N) is 2. The Bertz CT molecular complexity index is 946. The van der Waals surface area contributed by atoms with E-state index in [0.29, 0.717) is 11.7 Å². The second-order valence-corrected chi connectivity index (χ2v) is 8.61. The van der Waals surface area contributed by atoms with Gasteiger partial charge in [0.15, 0.2) is 10.8 Å². The van der Waals surface area contributed by atoms with Crippen molar-refractivity contribution in [2.45, 2.75) is 32.0 Å². The van der Waals surface area contributed by atoms with Crippen LogP contribution in [0.25, 0.3) is 0 Å². The third kappa shape index (κ3) is 3.35. The van der Waals surface area contributed by atoms with Crippen molar-refractivity contribution >= 4 is 23.2 Å². The molecule has 0 aliphatic carbocycles. The molecule has 0 radical (unpaired) electrons. The van der Waals surface area contributed by atoms with Gasteiger partial charge in [0.25, 0.3) is 0 Å². The largest absolute Gasteiger partial charge is 0.467 e. The van der Waals surface area contributed by atoms with Gasteiger partial charge in [-0.25, -0.2) is 0 Å². The summed E-state index contributed by atoms with van der Waals surface area (Å²) < 4.78 is 6.55. The summed E-state index contributed by atoms with van der Waals surface area (Å²) in [4.78, 5) is 17.0. The van der Waals surface area contributed by atoms with Gasteiger partial charge in [-0.1, -0.05) is 48.0 Å². The number of rotatable bonds is 4. The van der Waals surface area contributed by atoms with Gasteiger partial charge in [-0.15, -0.1) is 0 Å². The molecule has 2 bridgehead atoms. The zero-order chi connectivity index (χ0) is 20.8. The van der Waals surface area contributed by atoms with Gasteiger partial charge in [0.2, 0.25) is 5.91 Å². The van der Waals surface area contributed by atoms with Gasteiger partial charge in [0.05, 0.1) is 6.04 Å². The van der Waals surface area contributed by atoms with Crippen LogP contribution in [0.2, 0.25) is 0 Å². The zero-order valence-corrected chi connectivity index (χ0v) is 18.1. The molecule has 152 valence electrons. The van der Waals surface area contributed by atoms with Gasteiger partial charge in [-0.05, 0) is 44.1 Å². The fourth-order valence-electron chi connectivity index (χ4n) is 4.43. The number of amides is 1. The van der Waals surface area contributed by atoms with Crippen LogP contribution >= 0.6 is 12.2 Å². The number of aryl methyl sites for hydroxylation is 1. The number of carbonyl (C=O) groups is 1. The van der Waals surface area contributed by atoms with Gasteiger partial charge in [0.1, 0.15) is 11.7 Å². The van der Waals surface area contributed by atoms with Crippen molar-refractivity contribution in [3.63, 3.8) is 0 Å². The quantitative estimate of drug-likeness (QED) is 0.785. The molecule has 0 spiro atoms. The van der Waals surface area contributed by atoms with Crippen molar-refractivity contribution in [2.24, 2.45) is 5.92 Å². The van der Waals surface area contributed by atoms with Gasteiger partial charge in [-0.2, -0.15) is 0 Å². The number of thiocarbonyl (C=S) groups is 1. The smallest absolute Gasteiger partial charge is 0.233 e. The van der Waals surface area contributed by atoms with Crippen molar-refractivity contribution in [1.82, 2.24) is 15.1 Å². The third-order valence-corrected chi connectivity index (χ3v) is 6.30.